The van der Waals surface area contributed by atoms with E-state index >= 15 is 0 Å². The molecule has 0 amide bonds. The second-order valence-corrected chi connectivity index (χ2v) is 9.42. The molecule has 1 aliphatic rings. The van der Waals surface area contributed by atoms with Gasteiger partial charge in [0.05, 0.1) is 11.8 Å². The van der Waals surface area contributed by atoms with Crippen LogP contribution in [0.1, 0.15) is 32.9 Å². The predicted molar refractivity (Wildman–Crippen MR) is 84.0 cm³/mol. The molecule has 1 fully saturated rings. The van der Waals surface area contributed by atoms with Crippen LogP contribution in [0.4, 0.5) is 5.13 Å². The first kappa shape index (κ1) is 16.7. The molecule has 0 aromatic carbocycles. The van der Waals surface area contributed by atoms with Crippen LogP contribution in [-0.2, 0) is 10.0 Å². The molecule has 0 radical (unpaired) electrons. The lowest BCUT2D eigenvalue weighted by atomic mass is 9.74. The van der Waals surface area contributed by atoms with Gasteiger partial charge in [0.1, 0.15) is 0 Å². The van der Waals surface area contributed by atoms with E-state index in [0.29, 0.717) is 17.4 Å². The number of sulfonamides is 1. The smallest absolute Gasteiger partial charge is 0.249 e. The molecule has 8 heteroatoms. The van der Waals surface area contributed by atoms with Crippen molar-refractivity contribution in [2.24, 2.45) is 16.5 Å². The second kappa shape index (κ2) is 5.49. The Morgan fingerprint density at radius 2 is 2.05 bits per heavy atom. The van der Waals surface area contributed by atoms with Crippen molar-refractivity contribution in [1.29, 1.82) is 0 Å². The number of anilines is 1. The van der Waals surface area contributed by atoms with Gasteiger partial charge in [-0.3, -0.25) is 0 Å². The summed E-state index contributed by atoms with van der Waals surface area (Å²) in [5, 5.41) is 16.2. The summed E-state index contributed by atoms with van der Waals surface area (Å²) in [7, 11) is -3.73. The lowest BCUT2D eigenvalue weighted by Crippen LogP contribution is -2.48. The number of β-amino-alcohol motifs (C(OH)–C–C–N with tert-alkyl or cyclic N) is 1. The third kappa shape index (κ3) is 3.56. The quantitative estimate of drug-likeness (QED) is 0.851. The fourth-order valence-corrected chi connectivity index (χ4v) is 4.87. The fourth-order valence-electron chi connectivity index (χ4n) is 2.88. The molecule has 6 nitrogen and oxygen atoms in total. The van der Waals surface area contributed by atoms with E-state index in [-0.39, 0.29) is 15.5 Å². The van der Waals surface area contributed by atoms with Crippen LogP contribution < -0.4 is 10.0 Å². The average Bonchev–Trinajstić information content (AvgIpc) is 2.69. The number of aryl methyl sites for hydroxylation is 1. The van der Waals surface area contributed by atoms with Crippen molar-refractivity contribution in [2.75, 3.05) is 18.0 Å². The van der Waals surface area contributed by atoms with Crippen LogP contribution in [0.2, 0.25) is 0 Å². The number of nitrogens with zero attached hydrogens (tertiary/aromatic N) is 2. The van der Waals surface area contributed by atoms with Gasteiger partial charge in [-0.15, -0.1) is 0 Å². The molecule has 1 aromatic heterocycles. The van der Waals surface area contributed by atoms with Crippen molar-refractivity contribution < 1.29 is 13.5 Å². The zero-order valence-corrected chi connectivity index (χ0v) is 14.5. The van der Waals surface area contributed by atoms with Gasteiger partial charge in [0.15, 0.2) is 9.34 Å². The van der Waals surface area contributed by atoms with Gasteiger partial charge in [0, 0.05) is 13.1 Å². The summed E-state index contributed by atoms with van der Waals surface area (Å²) in [6, 6.07) is 0. The van der Waals surface area contributed by atoms with Crippen LogP contribution in [-0.4, -0.2) is 37.7 Å². The first-order chi connectivity index (χ1) is 9.50. The number of piperidine rings is 1. The highest BCUT2D eigenvalue weighted by Crippen LogP contribution is 2.37. The Hall–Kier alpha value is -0.700. The minimum Gasteiger partial charge on any atom is -0.391 e. The Kier molecular flexibility index (Phi) is 4.36. The first-order valence-electron chi connectivity index (χ1n) is 6.93. The molecule has 1 aromatic rings. The Balaban J connectivity index is 2.19. The minimum atomic E-state index is -3.73. The molecule has 1 saturated heterocycles. The predicted octanol–water partition coefficient (Wildman–Crippen LogP) is 1.33. The van der Waals surface area contributed by atoms with E-state index in [9.17, 15) is 13.5 Å². The monoisotopic (exact) mass is 333 g/mol. The van der Waals surface area contributed by atoms with Gasteiger partial charge in [-0.2, -0.15) is 0 Å². The number of nitrogens with two attached hydrogens (primary N) is 1. The molecule has 2 heterocycles. The molecule has 0 bridgehead atoms. The van der Waals surface area contributed by atoms with E-state index in [1.807, 2.05) is 4.90 Å². The van der Waals surface area contributed by atoms with Crippen molar-refractivity contribution in [1.82, 2.24) is 4.98 Å². The van der Waals surface area contributed by atoms with Crippen LogP contribution in [0, 0.1) is 18.3 Å². The molecular formula is C13H23N3O3S2. The molecule has 21 heavy (non-hydrogen) atoms. The molecule has 2 rings (SSSR count). The highest BCUT2D eigenvalue weighted by Gasteiger charge is 2.36. The van der Waals surface area contributed by atoms with Crippen molar-refractivity contribution >= 4 is 26.5 Å². The number of hydrogen-bond acceptors (Lipinski definition) is 6. The number of hydrogen-bond donors (Lipinski definition) is 2. The van der Waals surface area contributed by atoms with Crippen LogP contribution >= 0.6 is 11.3 Å². The maximum atomic E-state index is 11.5. The van der Waals surface area contributed by atoms with E-state index < -0.39 is 16.1 Å². The molecule has 1 aliphatic heterocycles. The van der Waals surface area contributed by atoms with E-state index in [1.54, 1.807) is 6.92 Å². The Morgan fingerprint density at radius 1 is 1.43 bits per heavy atom. The van der Waals surface area contributed by atoms with Gasteiger partial charge < -0.3 is 10.0 Å². The summed E-state index contributed by atoms with van der Waals surface area (Å²) in [5.74, 6) is 0.229. The molecule has 0 spiro atoms. The topological polar surface area (TPSA) is 96.5 Å². The second-order valence-electron chi connectivity index (χ2n) is 6.69. The molecule has 120 valence electrons. The van der Waals surface area contributed by atoms with E-state index in [4.69, 9.17) is 5.14 Å². The molecule has 0 saturated carbocycles. The first-order valence-corrected chi connectivity index (χ1v) is 9.29. The van der Waals surface area contributed by atoms with Crippen LogP contribution in [0.25, 0.3) is 0 Å². The maximum absolute atomic E-state index is 11.5. The summed E-state index contributed by atoms with van der Waals surface area (Å²) in [4.78, 5) is 6.24. The summed E-state index contributed by atoms with van der Waals surface area (Å²) >= 11 is 1.07. The highest BCUT2D eigenvalue weighted by molar-refractivity contribution is 7.91. The Bertz CT molecular complexity index is 619. The number of thiazole rings is 1. The standard InChI is InChI=1S/C13H23N3O3S2/c1-8-11(21(14,18)19)20-12(15-8)16-6-5-9(10(17)7-16)13(2,3)4/h9-10,17H,5-7H2,1-4H3,(H2,14,18,19). The summed E-state index contributed by atoms with van der Waals surface area (Å²) in [6.45, 7) is 9.25. The zero-order valence-electron chi connectivity index (χ0n) is 12.8. The summed E-state index contributed by atoms with van der Waals surface area (Å²) in [6.07, 6.45) is 0.412. The number of aliphatic hydroxyl groups excluding tert-OH is 1. The normalized spacial score (nSPS) is 24.4. The third-order valence-corrected chi connectivity index (χ3v) is 6.74. The lowest BCUT2D eigenvalue weighted by Gasteiger charge is -2.42. The third-order valence-electron chi connectivity index (χ3n) is 3.97. The minimum absolute atomic E-state index is 0.0516. The number of aliphatic hydroxyl groups is 1. The fraction of sp³-hybridized carbons (Fsp3) is 0.769. The SMILES string of the molecule is Cc1nc(N2CCC(C(C)(C)C)C(O)C2)sc1S(N)(=O)=O. The van der Waals surface area contributed by atoms with Crippen molar-refractivity contribution in [2.45, 2.75) is 44.4 Å². The molecule has 3 N–H and O–H groups in total. The number of primary sulfonamides is 1. The maximum Gasteiger partial charge on any atom is 0.249 e. The van der Waals surface area contributed by atoms with Gasteiger partial charge in [-0.05, 0) is 24.7 Å². The van der Waals surface area contributed by atoms with Crippen molar-refractivity contribution in [3.63, 3.8) is 0 Å². The van der Waals surface area contributed by atoms with Gasteiger partial charge in [-0.25, -0.2) is 18.5 Å². The van der Waals surface area contributed by atoms with Gasteiger partial charge in [-0.1, -0.05) is 32.1 Å². The number of aromatic nitrogens is 1. The van der Waals surface area contributed by atoms with Gasteiger partial charge in [0.25, 0.3) is 0 Å². The molecule has 2 unspecified atom stereocenters. The molecule has 2 atom stereocenters. The molecular weight excluding hydrogens is 310 g/mol. The van der Waals surface area contributed by atoms with Crippen molar-refractivity contribution in [3.05, 3.63) is 5.69 Å². The highest BCUT2D eigenvalue weighted by atomic mass is 32.2. The van der Waals surface area contributed by atoms with Crippen molar-refractivity contribution in [3.8, 4) is 0 Å². The van der Waals surface area contributed by atoms with Crippen LogP contribution in [0.5, 0.6) is 0 Å². The number of rotatable bonds is 2. The summed E-state index contributed by atoms with van der Waals surface area (Å²) < 4.78 is 23.1. The average molecular weight is 333 g/mol. The zero-order chi connectivity index (χ0) is 16.0. The largest absolute Gasteiger partial charge is 0.391 e. The van der Waals surface area contributed by atoms with E-state index in [1.165, 1.54) is 0 Å². The lowest BCUT2D eigenvalue weighted by molar-refractivity contribution is 0.0293. The van der Waals surface area contributed by atoms with Crippen LogP contribution in [0.15, 0.2) is 4.21 Å². The van der Waals surface area contributed by atoms with E-state index in [2.05, 4.69) is 25.8 Å². The van der Waals surface area contributed by atoms with Gasteiger partial charge >= 0.3 is 0 Å². The van der Waals surface area contributed by atoms with Crippen LogP contribution in [0.3, 0.4) is 0 Å². The van der Waals surface area contributed by atoms with E-state index in [0.717, 1.165) is 24.3 Å². The Labute approximate surface area is 130 Å². The Morgan fingerprint density at radius 3 is 2.48 bits per heavy atom. The molecule has 0 aliphatic carbocycles. The summed E-state index contributed by atoms with van der Waals surface area (Å²) in [5.41, 5.74) is 0.473. The van der Waals surface area contributed by atoms with Gasteiger partial charge in [0.2, 0.25) is 10.0 Å².